The van der Waals surface area contributed by atoms with Gasteiger partial charge in [-0.15, -0.1) is 0 Å². The van der Waals surface area contributed by atoms with Crippen molar-refractivity contribution in [1.82, 2.24) is 15.5 Å². The first-order valence-electron chi connectivity index (χ1n) is 9.82. The number of nitrogens with zero attached hydrogens (tertiary/aromatic N) is 1. The van der Waals surface area contributed by atoms with Gasteiger partial charge in [0.05, 0.1) is 6.54 Å². The summed E-state index contributed by atoms with van der Waals surface area (Å²) in [5.41, 5.74) is 0.273. The fourth-order valence-corrected chi connectivity index (χ4v) is 4.38. The van der Waals surface area contributed by atoms with E-state index in [4.69, 9.17) is 0 Å². The molecule has 1 aromatic rings. The molecule has 0 radical (unpaired) electrons. The lowest BCUT2D eigenvalue weighted by molar-refractivity contribution is -0.125. The molecule has 0 spiro atoms. The Morgan fingerprint density at radius 3 is 2.26 bits per heavy atom. The Morgan fingerprint density at radius 1 is 1.11 bits per heavy atom. The van der Waals surface area contributed by atoms with Crippen LogP contribution in [0.15, 0.2) is 24.3 Å². The van der Waals surface area contributed by atoms with Crippen LogP contribution in [0.2, 0.25) is 0 Å². The van der Waals surface area contributed by atoms with E-state index >= 15 is 0 Å². The normalized spacial score (nSPS) is 25.3. The zero-order chi connectivity index (χ0) is 19.6. The molecule has 5 nitrogen and oxygen atoms in total. The second-order valence-corrected chi connectivity index (χ2v) is 8.91. The van der Waals surface area contributed by atoms with Crippen LogP contribution in [0.5, 0.6) is 0 Å². The maximum atomic E-state index is 13.0. The molecule has 1 unspecified atom stereocenters. The molecule has 2 heterocycles. The number of hydrogen-bond acceptors (Lipinski definition) is 3. The van der Waals surface area contributed by atoms with Gasteiger partial charge in [-0.2, -0.15) is 0 Å². The molecule has 0 aromatic heterocycles. The van der Waals surface area contributed by atoms with E-state index in [1.807, 2.05) is 20.8 Å². The van der Waals surface area contributed by atoms with Crippen molar-refractivity contribution >= 4 is 11.8 Å². The molecule has 3 rings (SSSR count). The molecule has 0 saturated carbocycles. The number of carbonyl (C=O) groups is 2. The highest BCUT2D eigenvalue weighted by Gasteiger charge is 2.41. The highest BCUT2D eigenvalue weighted by Crippen LogP contribution is 2.38. The minimum atomic E-state index is -0.342. The topological polar surface area (TPSA) is 61.4 Å². The molecular weight excluding hydrogens is 345 g/mol. The van der Waals surface area contributed by atoms with Crippen molar-refractivity contribution in [2.75, 3.05) is 13.1 Å². The Morgan fingerprint density at radius 2 is 1.70 bits per heavy atom. The average Bonchev–Trinajstić information content (AvgIpc) is 2.80. The van der Waals surface area contributed by atoms with Crippen LogP contribution in [0.25, 0.3) is 0 Å². The molecule has 2 saturated heterocycles. The van der Waals surface area contributed by atoms with Gasteiger partial charge in [-0.1, -0.05) is 0 Å². The van der Waals surface area contributed by atoms with Gasteiger partial charge in [-0.25, -0.2) is 4.39 Å². The third-order valence-corrected chi connectivity index (χ3v) is 5.48. The number of hydrogen-bond donors (Lipinski definition) is 2. The van der Waals surface area contributed by atoms with E-state index in [0.717, 1.165) is 25.7 Å². The standard InChI is InChI=1S/C21H30FN3O2/c1-21(2,3)24-19(26)13-25-17-8-9-18(25)11-14(10-17)12-23-20(27)15-4-6-16(22)7-5-15/h4-7,14,17-18H,8-13H2,1-3H3,(H,23,27)(H,24,26)/t14?,17-,18+. The van der Waals surface area contributed by atoms with Gasteiger partial charge in [0, 0.05) is 29.7 Å². The third-order valence-electron chi connectivity index (χ3n) is 5.48. The Hall–Kier alpha value is -1.95. The Balaban J connectivity index is 1.49. The summed E-state index contributed by atoms with van der Waals surface area (Å²) in [4.78, 5) is 26.9. The van der Waals surface area contributed by atoms with Gasteiger partial charge in [-0.3, -0.25) is 14.5 Å². The molecule has 148 valence electrons. The van der Waals surface area contributed by atoms with Crippen LogP contribution < -0.4 is 10.6 Å². The van der Waals surface area contributed by atoms with Crippen molar-refractivity contribution in [2.45, 2.75) is 64.1 Å². The van der Waals surface area contributed by atoms with Gasteiger partial charge in [0.1, 0.15) is 5.82 Å². The summed E-state index contributed by atoms with van der Waals surface area (Å²) in [6.07, 6.45) is 4.25. The van der Waals surface area contributed by atoms with Crippen molar-refractivity contribution in [3.05, 3.63) is 35.6 Å². The lowest BCUT2D eigenvalue weighted by Crippen LogP contribution is -2.52. The predicted octanol–water partition coefficient (Wildman–Crippen LogP) is 2.71. The molecule has 27 heavy (non-hydrogen) atoms. The van der Waals surface area contributed by atoms with Crippen molar-refractivity contribution in [3.8, 4) is 0 Å². The van der Waals surface area contributed by atoms with Gasteiger partial charge >= 0.3 is 0 Å². The maximum Gasteiger partial charge on any atom is 0.251 e. The molecule has 2 N–H and O–H groups in total. The fourth-order valence-electron chi connectivity index (χ4n) is 4.38. The molecular formula is C21H30FN3O2. The quantitative estimate of drug-likeness (QED) is 0.832. The summed E-state index contributed by atoms with van der Waals surface area (Å²) >= 11 is 0. The number of piperidine rings is 1. The molecule has 2 bridgehead atoms. The Bertz CT molecular complexity index is 670. The van der Waals surface area contributed by atoms with Crippen molar-refractivity contribution < 1.29 is 14.0 Å². The van der Waals surface area contributed by atoms with Crippen LogP contribution in [-0.2, 0) is 4.79 Å². The highest BCUT2D eigenvalue weighted by molar-refractivity contribution is 5.94. The van der Waals surface area contributed by atoms with Crippen LogP contribution in [-0.4, -0.2) is 47.4 Å². The van der Waals surface area contributed by atoms with Crippen LogP contribution in [0.4, 0.5) is 4.39 Å². The largest absolute Gasteiger partial charge is 0.352 e. The minimum absolute atomic E-state index is 0.0856. The number of halogens is 1. The van der Waals surface area contributed by atoms with Crippen LogP contribution in [0.3, 0.4) is 0 Å². The monoisotopic (exact) mass is 375 g/mol. The second kappa shape index (κ2) is 7.97. The summed E-state index contributed by atoms with van der Waals surface area (Å²) in [6.45, 7) is 7.08. The van der Waals surface area contributed by atoms with Gasteiger partial charge in [-0.05, 0) is 76.6 Å². The van der Waals surface area contributed by atoms with E-state index < -0.39 is 0 Å². The van der Waals surface area contributed by atoms with Gasteiger partial charge < -0.3 is 10.6 Å². The number of nitrogens with one attached hydrogen (secondary N) is 2. The molecule has 1 aromatic carbocycles. The first-order chi connectivity index (χ1) is 12.7. The molecule has 2 aliphatic heterocycles. The summed E-state index contributed by atoms with van der Waals surface area (Å²) < 4.78 is 13.0. The molecule has 2 amide bonds. The average molecular weight is 375 g/mol. The summed E-state index contributed by atoms with van der Waals surface area (Å²) in [5, 5.41) is 6.03. The van der Waals surface area contributed by atoms with E-state index in [-0.39, 0.29) is 23.2 Å². The van der Waals surface area contributed by atoms with Crippen LogP contribution in [0, 0.1) is 11.7 Å². The third kappa shape index (κ3) is 5.28. The van der Waals surface area contributed by atoms with E-state index in [0.29, 0.717) is 36.7 Å². The van der Waals surface area contributed by atoms with Gasteiger partial charge in [0.25, 0.3) is 5.91 Å². The summed E-state index contributed by atoms with van der Waals surface area (Å²) in [7, 11) is 0. The van der Waals surface area contributed by atoms with Crippen molar-refractivity contribution in [2.24, 2.45) is 5.92 Å². The van der Waals surface area contributed by atoms with E-state index in [9.17, 15) is 14.0 Å². The predicted molar refractivity (Wildman–Crippen MR) is 103 cm³/mol. The van der Waals surface area contributed by atoms with Crippen LogP contribution >= 0.6 is 0 Å². The second-order valence-electron chi connectivity index (χ2n) is 8.91. The molecule has 0 aliphatic carbocycles. The zero-order valence-corrected chi connectivity index (χ0v) is 16.4. The van der Waals surface area contributed by atoms with E-state index in [1.165, 1.54) is 24.3 Å². The van der Waals surface area contributed by atoms with E-state index in [1.54, 1.807) is 0 Å². The maximum absolute atomic E-state index is 13.0. The molecule has 2 aliphatic rings. The molecule has 2 fully saturated rings. The van der Waals surface area contributed by atoms with Gasteiger partial charge in [0.2, 0.25) is 5.91 Å². The number of fused-ring (bicyclic) bond motifs is 2. The number of benzene rings is 1. The lowest BCUT2D eigenvalue weighted by atomic mass is 9.90. The van der Waals surface area contributed by atoms with Crippen molar-refractivity contribution in [3.63, 3.8) is 0 Å². The Kier molecular flexibility index (Phi) is 5.84. The zero-order valence-electron chi connectivity index (χ0n) is 16.4. The highest BCUT2D eigenvalue weighted by atomic mass is 19.1. The SMILES string of the molecule is CC(C)(C)NC(=O)CN1[C@@H]2CC[C@H]1CC(CNC(=O)c1ccc(F)cc1)C2. The van der Waals surface area contributed by atoms with Crippen molar-refractivity contribution in [1.29, 1.82) is 0 Å². The van der Waals surface area contributed by atoms with E-state index in [2.05, 4.69) is 15.5 Å². The summed E-state index contributed by atoms with van der Waals surface area (Å²) in [6, 6.07) is 6.45. The first-order valence-corrected chi connectivity index (χ1v) is 9.82. The fraction of sp³-hybridized carbons (Fsp3) is 0.619. The minimum Gasteiger partial charge on any atom is -0.352 e. The van der Waals surface area contributed by atoms with Crippen LogP contribution in [0.1, 0.15) is 56.8 Å². The number of carbonyl (C=O) groups excluding carboxylic acids is 2. The Labute approximate surface area is 160 Å². The number of rotatable bonds is 5. The first kappa shape index (κ1) is 19.8. The number of amides is 2. The summed E-state index contributed by atoms with van der Waals surface area (Å²) in [5.74, 6) is 0.0108. The van der Waals surface area contributed by atoms with Gasteiger partial charge in [0.15, 0.2) is 0 Å². The molecule has 6 heteroatoms. The lowest BCUT2D eigenvalue weighted by Gasteiger charge is -2.39. The smallest absolute Gasteiger partial charge is 0.251 e. The molecule has 3 atom stereocenters.